The SMILES string of the molecule is COCCN1C(=O)C(=O)/C(=C(/O)c2ccc(S(=O)(=O)N(C)C)cc2)C1c1ccc(Cl)c(Cl)c1. The average molecular weight is 513 g/mol. The van der Waals surface area contributed by atoms with Crippen LogP contribution in [0, 0.1) is 0 Å². The molecule has 176 valence electrons. The maximum absolute atomic E-state index is 12.9. The third kappa shape index (κ3) is 4.78. The minimum atomic E-state index is -3.67. The lowest BCUT2D eigenvalue weighted by Crippen LogP contribution is -2.32. The van der Waals surface area contributed by atoms with Gasteiger partial charge in [0.15, 0.2) is 0 Å². The predicted molar refractivity (Wildman–Crippen MR) is 125 cm³/mol. The summed E-state index contributed by atoms with van der Waals surface area (Å²) in [5, 5.41) is 11.6. The quantitative estimate of drug-likeness (QED) is 0.346. The first kappa shape index (κ1) is 25.2. The molecule has 1 fully saturated rings. The summed E-state index contributed by atoms with van der Waals surface area (Å²) in [4.78, 5) is 27.0. The molecule has 0 aromatic heterocycles. The van der Waals surface area contributed by atoms with Crippen molar-refractivity contribution in [2.75, 3.05) is 34.4 Å². The molecule has 0 bridgehead atoms. The van der Waals surface area contributed by atoms with E-state index in [4.69, 9.17) is 27.9 Å². The Morgan fingerprint density at radius 2 is 1.73 bits per heavy atom. The van der Waals surface area contributed by atoms with Gasteiger partial charge in [0.05, 0.1) is 33.2 Å². The van der Waals surface area contributed by atoms with Crippen molar-refractivity contribution in [3.05, 3.63) is 69.2 Å². The second-order valence-corrected chi connectivity index (χ2v) is 10.4. The molecule has 8 nitrogen and oxygen atoms in total. The van der Waals surface area contributed by atoms with Crippen LogP contribution in [-0.2, 0) is 24.3 Å². The molecule has 1 aliphatic rings. The highest BCUT2D eigenvalue weighted by atomic mass is 35.5. The van der Waals surface area contributed by atoms with Crippen molar-refractivity contribution >= 4 is 50.7 Å². The number of ketones is 1. The largest absolute Gasteiger partial charge is 0.507 e. The maximum Gasteiger partial charge on any atom is 0.295 e. The number of hydrogen-bond acceptors (Lipinski definition) is 6. The van der Waals surface area contributed by atoms with E-state index in [-0.39, 0.29) is 34.2 Å². The molecule has 2 aromatic carbocycles. The molecule has 3 rings (SSSR count). The number of likely N-dealkylation sites (tertiary alicyclic amines) is 1. The molecule has 1 unspecified atom stereocenters. The van der Waals surface area contributed by atoms with E-state index in [2.05, 4.69) is 0 Å². The number of sulfonamides is 1. The molecule has 0 saturated carbocycles. The Balaban J connectivity index is 2.14. The van der Waals surface area contributed by atoms with Crippen LogP contribution in [0.4, 0.5) is 0 Å². The van der Waals surface area contributed by atoms with Crippen molar-refractivity contribution in [2.45, 2.75) is 10.9 Å². The number of rotatable bonds is 7. The van der Waals surface area contributed by atoms with Gasteiger partial charge in [-0.25, -0.2) is 12.7 Å². The van der Waals surface area contributed by atoms with Crippen molar-refractivity contribution < 1.29 is 27.9 Å². The van der Waals surface area contributed by atoms with Crippen LogP contribution in [0.15, 0.2) is 52.9 Å². The van der Waals surface area contributed by atoms with Crippen LogP contribution in [0.3, 0.4) is 0 Å². The molecule has 1 heterocycles. The highest BCUT2D eigenvalue weighted by Crippen LogP contribution is 2.40. The summed E-state index contributed by atoms with van der Waals surface area (Å²) < 4.78 is 30.8. The molecule has 1 aliphatic heterocycles. The minimum Gasteiger partial charge on any atom is -0.507 e. The van der Waals surface area contributed by atoms with Crippen LogP contribution < -0.4 is 0 Å². The number of benzene rings is 2. The average Bonchev–Trinajstić information content (AvgIpc) is 3.03. The zero-order valence-corrected chi connectivity index (χ0v) is 20.4. The van der Waals surface area contributed by atoms with Gasteiger partial charge in [0.1, 0.15) is 5.76 Å². The number of amides is 1. The van der Waals surface area contributed by atoms with Crippen molar-refractivity contribution in [2.24, 2.45) is 0 Å². The van der Waals surface area contributed by atoms with Gasteiger partial charge in [0.25, 0.3) is 11.7 Å². The number of halogens is 2. The number of nitrogens with zero attached hydrogens (tertiary/aromatic N) is 2. The van der Waals surface area contributed by atoms with Gasteiger partial charge in [-0.15, -0.1) is 0 Å². The smallest absolute Gasteiger partial charge is 0.295 e. The highest BCUT2D eigenvalue weighted by molar-refractivity contribution is 7.89. The van der Waals surface area contributed by atoms with E-state index in [1.807, 2.05) is 0 Å². The van der Waals surface area contributed by atoms with Crippen LogP contribution in [0.2, 0.25) is 10.0 Å². The molecule has 1 saturated heterocycles. The van der Waals surface area contributed by atoms with Gasteiger partial charge in [-0.3, -0.25) is 9.59 Å². The molecule has 1 N–H and O–H groups in total. The van der Waals surface area contributed by atoms with Gasteiger partial charge in [-0.2, -0.15) is 0 Å². The Kier molecular flexibility index (Phi) is 7.50. The molecule has 0 radical (unpaired) electrons. The molecule has 11 heteroatoms. The second-order valence-electron chi connectivity index (χ2n) is 7.47. The monoisotopic (exact) mass is 512 g/mol. The normalized spacial score (nSPS) is 18.4. The van der Waals surface area contributed by atoms with Gasteiger partial charge in [-0.05, 0) is 42.0 Å². The molecule has 2 aromatic rings. The number of hydrogen-bond donors (Lipinski definition) is 1. The second kappa shape index (κ2) is 9.82. The van der Waals surface area contributed by atoms with E-state index in [0.29, 0.717) is 10.6 Å². The molecule has 1 atom stereocenters. The Morgan fingerprint density at radius 1 is 1.09 bits per heavy atom. The molecule has 0 aliphatic carbocycles. The van der Waals surface area contributed by atoms with Gasteiger partial charge < -0.3 is 14.7 Å². The third-order valence-electron chi connectivity index (χ3n) is 5.24. The molecule has 0 spiro atoms. The molecule has 1 amide bonds. The van der Waals surface area contributed by atoms with Crippen LogP contribution in [0.5, 0.6) is 0 Å². The summed E-state index contributed by atoms with van der Waals surface area (Å²) in [5.74, 6) is -2.10. The lowest BCUT2D eigenvalue weighted by atomic mass is 9.95. The zero-order chi connectivity index (χ0) is 24.5. The number of ether oxygens (including phenoxy) is 1. The van der Waals surface area contributed by atoms with E-state index < -0.39 is 33.5 Å². The van der Waals surface area contributed by atoms with E-state index in [1.165, 1.54) is 62.5 Å². The Labute approximate surface area is 202 Å². The fourth-order valence-electron chi connectivity index (χ4n) is 3.48. The topological polar surface area (TPSA) is 104 Å². The summed E-state index contributed by atoms with van der Waals surface area (Å²) in [6, 6.07) is 9.14. The lowest BCUT2D eigenvalue weighted by Gasteiger charge is -2.25. The first-order valence-corrected chi connectivity index (χ1v) is 12.0. The van der Waals surface area contributed by atoms with E-state index in [9.17, 15) is 23.1 Å². The van der Waals surface area contributed by atoms with Gasteiger partial charge >= 0.3 is 0 Å². The van der Waals surface area contributed by atoms with Gasteiger partial charge in [0.2, 0.25) is 10.0 Å². The summed E-state index contributed by atoms with van der Waals surface area (Å²) in [7, 11) is 0.601. The molecular weight excluding hydrogens is 491 g/mol. The van der Waals surface area contributed by atoms with Crippen molar-refractivity contribution in [1.29, 1.82) is 0 Å². The summed E-state index contributed by atoms with van der Waals surface area (Å²) >= 11 is 12.2. The minimum absolute atomic E-state index is 0.0191. The standard InChI is InChI=1S/C22H22Cl2N2O6S/c1-25(2)33(30,31)15-7-4-13(5-8-15)20(27)18-19(14-6-9-16(23)17(24)12-14)26(10-11-32-3)22(29)21(18)28/h4-9,12,19,27H,10-11H2,1-3H3/b20-18+. The number of Topliss-reactive ketones (excluding diaryl/α,β-unsaturated/α-hetero) is 1. The zero-order valence-electron chi connectivity index (χ0n) is 18.1. The number of aliphatic hydroxyl groups excluding tert-OH is 1. The van der Waals surface area contributed by atoms with Crippen molar-refractivity contribution in [3.8, 4) is 0 Å². The third-order valence-corrected chi connectivity index (χ3v) is 7.81. The van der Waals surface area contributed by atoms with Crippen LogP contribution in [-0.4, -0.2) is 68.8 Å². The highest BCUT2D eigenvalue weighted by Gasteiger charge is 2.46. The van der Waals surface area contributed by atoms with Crippen LogP contribution >= 0.6 is 23.2 Å². The van der Waals surface area contributed by atoms with Gasteiger partial charge in [0, 0.05) is 33.3 Å². The first-order valence-electron chi connectivity index (χ1n) is 9.76. The van der Waals surface area contributed by atoms with Gasteiger partial charge in [-0.1, -0.05) is 29.3 Å². The Hall–Kier alpha value is -2.43. The fourth-order valence-corrected chi connectivity index (χ4v) is 4.69. The maximum atomic E-state index is 12.9. The lowest BCUT2D eigenvalue weighted by molar-refractivity contribution is -0.140. The van der Waals surface area contributed by atoms with E-state index >= 15 is 0 Å². The number of methoxy groups -OCH3 is 1. The van der Waals surface area contributed by atoms with E-state index in [0.717, 1.165) is 4.31 Å². The van der Waals surface area contributed by atoms with Crippen molar-refractivity contribution in [1.82, 2.24) is 9.21 Å². The molecular formula is C22H22Cl2N2O6S. The Bertz CT molecular complexity index is 1230. The number of carbonyl (C=O) groups excluding carboxylic acids is 2. The van der Waals surface area contributed by atoms with Crippen LogP contribution in [0.1, 0.15) is 17.2 Å². The van der Waals surface area contributed by atoms with Crippen molar-refractivity contribution in [3.63, 3.8) is 0 Å². The number of aliphatic hydroxyl groups is 1. The summed E-state index contributed by atoms with van der Waals surface area (Å²) in [6.07, 6.45) is 0. The Morgan fingerprint density at radius 3 is 2.27 bits per heavy atom. The fraction of sp³-hybridized carbons (Fsp3) is 0.273. The summed E-state index contributed by atoms with van der Waals surface area (Å²) in [5.41, 5.74) is 0.522. The molecule has 33 heavy (non-hydrogen) atoms. The van der Waals surface area contributed by atoms with E-state index in [1.54, 1.807) is 6.07 Å². The predicted octanol–water partition coefficient (Wildman–Crippen LogP) is 3.31. The first-order chi connectivity index (χ1) is 15.5. The summed E-state index contributed by atoms with van der Waals surface area (Å²) in [6.45, 7) is 0.269. The van der Waals surface area contributed by atoms with Crippen LogP contribution in [0.25, 0.3) is 5.76 Å². The number of carbonyl (C=O) groups is 2.